The van der Waals surface area contributed by atoms with Crippen LogP contribution < -0.4 is 10.5 Å². The second-order valence-electron chi connectivity index (χ2n) is 2.71. The number of ether oxygens (including phenoxy) is 1. The maximum Gasteiger partial charge on any atom is 0.573 e. The number of aromatic nitrogens is 1. The number of halogens is 3. The first-order valence-electron chi connectivity index (χ1n) is 3.83. The van der Waals surface area contributed by atoms with Crippen molar-refractivity contribution >= 4 is 0 Å². The first-order chi connectivity index (χ1) is 6.42. The van der Waals surface area contributed by atoms with Crippen LogP contribution >= 0.6 is 0 Å². The normalized spacial score (nSPS) is 11.5. The van der Waals surface area contributed by atoms with E-state index < -0.39 is 6.36 Å². The summed E-state index contributed by atoms with van der Waals surface area (Å²) in [6.07, 6.45) is -3.27. The lowest BCUT2D eigenvalue weighted by Gasteiger charge is -2.11. The number of nitrogens with two attached hydrogens (primary N) is 1. The van der Waals surface area contributed by atoms with E-state index in [1.807, 2.05) is 0 Å². The molecule has 14 heavy (non-hydrogen) atoms. The molecule has 0 spiro atoms. The molecule has 0 aliphatic carbocycles. The van der Waals surface area contributed by atoms with Gasteiger partial charge in [-0.3, -0.25) is 4.98 Å². The smallest absolute Gasteiger partial charge is 0.404 e. The van der Waals surface area contributed by atoms with Crippen molar-refractivity contribution in [3.63, 3.8) is 0 Å². The average Bonchev–Trinajstić information content (AvgIpc) is 2.01. The second kappa shape index (κ2) is 3.83. The maximum atomic E-state index is 11.9. The summed E-state index contributed by atoms with van der Waals surface area (Å²) in [4.78, 5) is 3.73. The van der Waals surface area contributed by atoms with Crippen molar-refractivity contribution in [1.29, 1.82) is 0 Å². The summed E-state index contributed by atoms with van der Waals surface area (Å²) in [6, 6.07) is 1.25. The molecular weight excluding hydrogens is 197 g/mol. The molecule has 0 radical (unpaired) electrons. The summed E-state index contributed by atoms with van der Waals surface area (Å²) in [5.41, 5.74) is 5.89. The molecule has 0 fully saturated rings. The fourth-order valence-corrected chi connectivity index (χ4v) is 0.937. The molecule has 0 aliphatic rings. The van der Waals surface area contributed by atoms with E-state index in [2.05, 4.69) is 9.72 Å². The Balaban J connectivity index is 2.99. The minimum absolute atomic E-state index is 0.0907. The van der Waals surface area contributed by atoms with Crippen LogP contribution in [0.25, 0.3) is 0 Å². The quantitative estimate of drug-likeness (QED) is 0.801. The van der Waals surface area contributed by atoms with E-state index in [-0.39, 0.29) is 18.0 Å². The Morgan fingerprint density at radius 2 is 2.14 bits per heavy atom. The van der Waals surface area contributed by atoms with E-state index in [9.17, 15) is 13.2 Å². The van der Waals surface area contributed by atoms with E-state index in [1.165, 1.54) is 12.3 Å². The molecule has 1 aromatic heterocycles. The average molecular weight is 206 g/mol. The van der Waals surface area contributed by atoms with Crippen LogP contribution in [0.2, 0.25) is 0 Å². The van der Waals surface area contributed by atoms with Gasteiger partial charge in [-0.1, -0.05) is 0 Å². The summed E-state index contributed by atoms with van der Waals surface area (Å²) < 4.78 is 39.5. The van der Waals surface area contributed by atoms with Crippen molar-refractivity contribution in [1.82, 2.24) is 4.98 Å². The highest BCUT2D eigenvalue weighted by Crippen LogP contribution is 2.25. The van der Waals surface area contributed by atoms with Crippen LogP contribution in [0.3, 0.4) is 0 Å². The third kappa shape index (κ3) is 2.88. The Morgan fingerprint density at radius 3 is 2.64 bits per heavy atom. The maximum absolute atomic E-state index is 11.9. The summed E-state index contributed by atoms with van der Waals surface area (Å²) in [5, 5.41) is 0. The largest absolute Gasteiger partial charge is 0.573 e. The van der Waals surface area contributed by atoms with Crippen LogP contribution in [0.1, 0.15) is 11.3 Å². The van der Waals surface area contributed by atoms with Crippen LogP contribution in [0, 0.1) is 6.92 Å². The third-order valence-electron chi connectivity index (χ3n) is 1.49. The molecule has 0 saturated carbocycles. The molecule has 0 bridgehead atoms. The van der Waals surface area contributed by atoms with E-state index in [4.69, 9.17) is 5.73 Å². The molecule has 1 rings (SSSR count). The van der Waals surface area contributed by atoms with Gasteiger partial charge in [0.05, 0.1) is 5.69 Å². The fourth-order valence-electron chi connectivity index (χ4n) is 0.937. The topological polar surface area (TPSA) is 48.1 Å². The van der Waals surface area contributed by atoms with Crippen molar-refractivity contribution in [2.24, 2.45) is 5.73 Å². The number of alkyl halides is 3. The Kier molecular flexibility index (Phi) is 2.95. The summed E-state index contributed by atoms with van der Waals surface area (Å²) in [5.74, 6) is -0.333. The van der Waals surface area contributed by atoms with Crippen molar-refractivity contribution in [2.45, 2.75) is 19.8 Å². The number of rotatable bonds is 2. The standard InChI is InChI=1S/C8H9F3N2O/c1-5-2-7(14-8(9,10)11)6(3-12)13-4-5/h2,4H,3,12H2,1H3. The first kappa shape index (κ1) is 10.8. The van der Waals surface area contributed by atoms with Gasteiger partial charge in [-0.15, -0.1) is 13.2 Å². The monoisotopic (exact) mass is 206 g/mol. The molecule has 1 heterocycles. The zero-order valence-electron chi connectivity index (χ0n) is 7.43. The Hall–Kier alpha value is -1.30. The van der Waals surface area contributed by atoms with Crippen molar-refractivity contribution < 1.29 is 17.9 Å². The van der Waals surface area contributed by atoms with Crippen LogP contribution in [0.5, 0.6) is 5.75 Å². The molecule has 0 aliphatic heterocycles. The van der Waals surface area contributed by atoms with Crippen molar-refractivity contribution in [3.8, 4) is 5.75 Å². The third-order valence-corrected chi connectivity index (χ3v) is 1.49. The molecule has 78 valence electrons. The Labute approximate surface area is 78.7 Å². The molecule has 0 amide bonds. The van der Waals surface area contributed by atoms with E-state index in [0.717, 1.165) is 0 Å². The lowest BCUT2D eigenvalue weighted by molar-refractivity contribution is -0.275. The molecule has 0 unspecified atom stereocenters. The van der Waals surface area contributed by atoms with Gasteiger partial charge in [0, 0.05) is 12.7 Å². The summed E-state index contributed by atoms with van der Waals surface area (Å²) in [6.45, 7) is 1.53. The highest BCUT2D eigenvalue weighted by Gasteiger charge is 2.32. The van der Waals surface area contributed by atoms with Gasteiger partial charge in [0.25, 0.3) is 0 Å². The van der Waals surface area contributed by atoms with Gasteiger partial charge in [-0.25, -0.2) is 0 Å². The number of hydrogen-bond donors (Lipinski definition) is 1. The first-order valence-corrected chi connectivity index (χ1v) is 3.83. The Bertz CT molecular complexity index is 325. The van der Waals surface area contributed by atoms with E-state index in [1.54, 1.807) is 6.92 Å². The lowest BCUT2D eigenvalue weighted by atomic mass is 10.2. The van der Waals surface area contributed by atoms with Crippen LogP contribution in [-0.2, 0) is 6.54 Å². The van der Waals surface area contributed by atoms with Gasteiger partial charge in [0.2, 0.25) is 0 Å². The number of pyridine rings is 1. The molecule has 6 heteroatoms. The van der Waals surface area contributed by atoms with Gasteiger partial charge in [-0.05, 0) is 18.6 Å². The highest BCUT2D eigenvalue weighted by atomic mass is 19.4. The molecule has 1 aromatic rings. The lowest BCUT2D eigenvalue weighted by Crippen LogP contribution is -2.19. The zero-order chi connectivity index (χ0) is 10.8. The van der Waals surface area contributed by atoms with Gasteiger partial charge in [0.1, 0.15) is 0 Å². The highest BCUT2D eigenvalue weighted by molar-refractivity contribution is 5.30. The molecule has 0 atom stereocenters. The van der Waals surface area contributed by atoms with Crippen LogP contribution in [0.4, 0.5) is 13.2 Å². The van der Waals surface area contributed by atoms with Crippen LogP contribution in [0.15, 0.2) is 12.3 Å². The predicted molar refractivity (Wildman–Crippen MR) is 43.5 cm³/mol. The van der Waals surface area contributed by atoms with Gasteiger partial charge >= 0.3 is 6.36 Å². The van der Waals surface area contributed by atoms with Gasteiger partial charge in [-0.2, -0.15) is 0 Å². The number of hydrogen-bond acceptors (Lipinski definition) is 3. The zero-order valence-corrected chi connectivity index (χ0v) is 7.43. The number of nitrogens with zero attached hydrogens (tertiary/aromatic N) is 1. The van der Waals surface area contributed by atoms with E-state index >= 15 is 0 Å². The SMILES string of the molecule is Cc1cnc(CN)c(OC(F)(F)F)c1. The summed E-state index contributed by atoms with van der Waals surface area (Å²) >= 11 is 0. The minimum Gasteiger partial charge on any atom is -0.404 e. The van der Waals surface area contributed by atoms with Gasteiger partial charge < -0.3 is 10.5 Å². The minimum atomic E-state index is -4.71. The fraction of sp³-hybridized carbons (Fsp3) is 0.375. The van der Waals surface area contributed by atoms with Crippen LogP contribution in [-0.4, -0.2) is 11.3 Å². The Morgan fingerprint density at radius 1 is 1.50 bits per heavy atom. The predicted octanol–water partition coefficient (Wildman–Crippen LogP) is 1.75. The van der Waals surface area contributed by atoms with E-state index in [0.29, 0.717) is 5.56 Å². The summed E-state index contributed by atoms with van der Waals surface area (Å²) in [7, 11) is 0. The van der Waals surface area contributed by atoms with Gasteiger partial charge in [0.15, 0.2) is 5.75 Å². The van der Waals surface area contributed by atoms with Crippen molar-refractivity contribution in [3.05, 3.63) is 23.5 Å². The molecule has 0 aromatic carbocycles. The molecule has 3 nitrogen and oxygen atoms in total. The molecule has 0 saturated heterocycles. The second-order valence-corrected chi connectivity index (χ2v) is 2.71. The molecular formula is C8H9F3N2O. The molecule has 2 N–H and O–H groups in total. The number of aryl methyl sites for hydroxylation is 1. The van der Waals surface area contributed by atoms with Crippen molar-refractivity contribution in [2.75, 3.05) is 0 Å².